The van der Waals surface area contributed by atoms with Crippen molar-refractivity contribution >= 4 is 39.5 Å². The largest absolute Gasteiger partial charge is 0.472 e. The Bertz CT molecular complexity index is 1920. The van der Waals surface area contributed by atoms with Gasteiger partial charge in [0.2, 0.25) is 0 Å². The molecule has 0 aliphatic heterocycles. The summed E-state index contributed by atoms with van der Waals surface area (Å²) in [5.74, 6) is 0.251. The lowest BCUT2D eigenvalue weighted by Crippen LogP contribution is -2.30. The van der Waals surface area contributed by atoms with E-state index in [4.69, 9.17) is 37.0 Å². The molecule has 588 valence electrons. The van der Waals surface area contributed by atoms with Gasteiger partial charge in [-0.05, 0) is 43.4 Å². The fourth-order valence-corrected chi connectivity index (χ4v) is 13.9. The van der Waals surface area contributed by atoms with Crippen LogP contribution >= 0.6 is 15.6 Å². The van der Waals surface area contributed by atoms with Gasteiger partial charge in [-0.2, -0.15) is 0 Å². The molecule has 0 saturated carbocycles. The molecular weight excluding hydrogens is 1290 g/mol. The highest BCUT2D eigenvalue weighted by Crippen LogP contribution is 2.45. The molecule has 17 nitrogen and oxygen atoms in total. The molecule has 0 aromatic heterocycles. The second kappa shape index (κ2) is 70.4. The van der Waals surface area contributed by atoms with Crippen LogP contribution in [0.3, 0.4) is 0 Å². The lowest BCUT2D eigenvalue weighted by atomic mass is 10.0. The quantitative estimate of drug-likeness (QED) is 0.0222. The maximum absolute atomic E-state index is 13.1. The van der Waals surface area contributed by atoms with Crippen LogP contribution in [0.25, 0.3) is 0 Å². The highest BCUT2D eigenvalue weighted by Gasteiger charge is 2.30. The average molecular weight is 1450 g/mol. The number of hydrogen-bond donors (Lipinski definition) is 3. The number of phosphoric ester groups is 2. The van der Waals surface area contributed by atoms with Crippen molar-refractivity contribution in [3.8, 4) is 0 Å². The van der Waals surface area contributed by atoms with Crippen LogP contribution in [0.4, 0.5) is 0 Å². The van der Waals surface area contributed by atoms with E-state index in [2.05, 4.69) is 48.5 Å². The molecule has 5 atom stereocenters. The van der Waals surface area contributed by atoms with Crippen LogP contribution in [-0.2, 0) is 65.4 Å². The number of phosphoric acid groups is 2. The number of hydrogen-bond acceptors (Lipinski definition) is 15. The summed E-state index contributed by atoms with van der Waals surface area (Å²) >= 11 is 0. The van der Waals surface area contributed by atoms with Gasteiger partial charge in [0.1, 0.15) is 19.3 Å². The summed E-state index contributed by atoms with van der Waals surface area (Å²) in [5, 5.41) is 10.6. The van der Waals surface area contributed by atoms with Crippen molar-refractivity contribution in [3.05, 3.63) is 0 Å². The second-order valence-corrected chi connectivity index (χ2v) is 33.1. The van der Waals surface area contributed by atoms with E-state index in [1.807, 2.05) is 0 Å². The lowest BCUT2D eigenvalue weighted by Gasteiger charge is -2.21. The number of aliphatic hydroxyl groups excluding tert-OH is 1. The van der Waals surface area contributed by atoms with Crippen molar-refractivity contribution in [3.63, 3.8) is 0 Å². The maximum atomic E-state index is 13.1. The minimum atomic E-state index is -4.96. The van der Waals surface area contributed by atoms with Crippen molar-refractivity contribution in [2.75, 3.05) is 39.6 Å². The molecule has 0 bridgehead atoms. The van der Waals surface area contributed by atoms with E-state index in [-0.39, 0.29) is 25.7 Å². The Kier molecular flexibility index (Phi) is 69.0. The van der Waals surface area contributed by atoms with Gasteiger partial charge >= 0.3 is 39.5 Å². The van der Waals surface area contributed by atoms with Gasteiger partial charge in [0.15, 0.2) is 12.2 Å². The van der Waals surface area contributed by atoms with Gasteiger partial charge in [0.25, 0.3) is 0 Å². The van der Waals surface area contributed by atoms with Crippen LogP contribution in [0, 0.1) is 17.8 Å². The predicted molar refractivity (Wildman–Crippen MR) is 405 cm³/mol. The topological polar surface area (TPSA) is 237 Å². The molecule has 0 saturated heterocycles. The number of ether oxygens (including phenoxy) is 4. The summed E-state index contributed by atoms with van der Waals surface area (Å²) in [6, 6.07) is 0. The standard InChI is InChI=1S/C80H156O17P2/c1-8-9-10-11-12-13-23-33-40-47-54-61-77(82)90-67-75(97-80(85)64-57-50-43-36-29-22-20-26-32-39-46-53-60-73(6)7)69-94-98(86,87)92-65-74(81)66-93-99(88,89)95-70-76(68-91-78(83)62-55-48-41-34-27-21-19-25-31-38-45-52-59-72(4)5)96-79(84)63-56-49-42-35-28-18-16-14-15-17-24-30-37-44-51-58-71(2)3/h71-76,81H,8-70H2,1-7H3,(H,86,87)(H,88,89)/t74-,75+,76+/m0/s1. The van der Waals surface area contributed by atoms with E-state index in [0.29, 0.717) is 25.7 Å². The number of esters is 4. The van der Waals surface area contributed by atoms with Gasteiger partial charge in [0, 0.05) is 25.7 Å². The molecule has 0 aromatic carbocycles. The third kappa shape index (κ3) is 74.1. The molecule has 19 heteroatoms. The molecule has 0 aliphatic carbocycles. The summed E-state index contributed by atoms with van der Waals surface area (Å²) in [5.41, 5.74) is 0. The average Bonchev–Trinajstić information content (AvgIpc) is 1.34. The van der Waals surface area contributed by atoms with Crippen molar-refractivity contribution in [2.45, 2.75) is 433 Å². The predicted octanol–water partition coefficient (Wildman–Crippen LogP) is 23.7. The van der Waals surface area contributed by atoms with Crippen molar-refractivity contribution in [1.82, 2.24) is 0 Å². The molecule has 0 fully saturated rings. The van der Waals surface area contributed by atoms with Crippen LogP contribution in [0.15, 0.2) is 0 Å². The zero-order valence-electron chi connectivity index (χ0n) is 65.0. The zero-order chi connectivity index (χ0) is 73.0. The third-order valence-electron chi connectivity index (χ3n) is 18.6. The summed E-state index contributed by atoms with van der Waals surface area (Å²) in [7, 11) is -9.92. The van der Waals surface area contributed by atoms with Crippen molar-refractivity contribution < 1.29 is 80.2 Å². The first kappa shape index (κ1) is 97.1. The normalized spacial score (nSPS) is 14.0. The van der Waals surface area contributed by atoms with Crippen LogP contribution in [0.1, 0.15) is 414 Å². The Morgan fingerprint density at radius 3 is 0.687 bits per heavy atom. The van der Waals surface area contributed by atoms with E-state index in [1.54, 1.807) is 0 Å². The van der Waals surface area contributed by atoms with Gasteiger partial charge in [-0.15, -0.1) is 0 Å². The van der Waals surface area contributed by atoms with Crippen LogP contribution < -0.4 is 0 Å². The van der Waals surface area contributed by atoms with E-state index >= 15 is 0 Å². The van der Waals surface area contributed by atoms with Gasteiger partial charge in [-0.25, -0.2) is 9.13 Å². The fourth-order valence-electron chi connectivity index (χ4n) is 12.3. The first-order valence-corrected chi connectivity index (χ1v) is 44.3. The molecule has 3 N–H and O–H groups in total. The first-order chi connectivity index (χ1) is 47.7. The van der Waals surface area contributed by atoms with Crippen molar-refractivity contribution in [2.24, 2.45) is 17.8 Å². The summed E-state index contributed by atoms with van der Waals surface area (Å²) in [6.07, 6.45) is 58.1. The maximum Gasteiger partial charge on any atom is 0.472 e. The molecule has 99 heavy (non-hydrogen) atoms. The molecule has 0 aromatic rings. The Morgan fingerprint density at radius 1 is 0.273 bits per heavy atom. The van der Waals surface area contributed by atoms with Gasteiger partial charge in [0.05, 0.1) is 26.4 Å². The number of unbranched alkanes of at least 4 members (excludes halogenated alkanes) is 46. The SMILES string of the molecule is CCCCCCCCCCCCCC(=O)OC[C@H](COP(=O)(O)OC[C@H](O)COP(=O)(O)OC[C@@H](COC(=O)CCCCCCCCCCCCCCC(C)C)OC(=O)CCCCCCCCCCCCCCCCCC(C)C)OC(=O)CCCCCCCCCCCCCCC(C)C. The first-order valence-electron chi connectivity index (χ1n) is 41.3. The molecular formula is C80H156O17P2. The molecule has 0 radical (unpaired) electrons. The summed E-state index contributed by atoms with van der Waals surface area (Å²) in [6.45, 7) is 12.0. The monoisotopic (exact) mass is 1450 g/mol. The summed E-state index contributed by atoms with van der Waals surface area (Å²) < 4.78 is 68.7. The Balaban J connectivity index is 5.26. The molecule has 0 spiro atoms. The number of carbonyl (C=O) groups is 4. The minimum absolute atomic E-state index is 0.107. The second-order valence-electron chi connectivity index (χ2n) is 30.2. The fraction of sp³-hybridized carbons (Fsp3) is 0.950. The van der Waals surface area contributed by atoms with Crippen molar-refractivity contribution in [1.29, 1.82) is 0 Å². The van der Waals surface area contributed by atoms with Crippen LogP contribution in [0.5, 0.6) is 0 Å². The summed E-state index contributed by atoms with van der Waals surface area (Å²) in [4.78, 5) is 73.0. The lowest BCUT2D eigenvalue weighted by molar-refractivity contribution is -0.161. The third-order valence-corrected chi connectivity index (χ3v) is 20.5. The van der Waals surface area contributed by atoms with Crippen LogP contribution in [0.2, 0.25) is 0 Å². The van der Waals surface area contributed by atoms with Gasteiger partial charge in [-0.1, -0.05) is 363 Å². The van der Waals surface area contributed by atoms with E-state index in [9.17, 15) is 43.2 Å². The number of carbonyl (C=O) groups excluding carboxylic acids is 4. The van der Waals surface area contributed by atoms with E-state index in [1.165, 1.54) is 225 Å². The molecule has 0 heterocycles. The molecule has 0 aliphatic rings. The Labute approximate surface area is 607 Å². The highest BCUT2D eigenvalue weighted by atomic mass is 31.2. The minimum Gasteiger partial charge on any atom is -0.462 e. The molecule has 0 rings (SSSR count). The number of aliphatic hydroxyl groups is 1. The van der Waals surface area contributed by atoms with E-state index < -0.39 is 97.5 Å². The van der Waals surface area contributed by atoms with Gasteiger partial charge < -0.3 is 33.8 Å². The molecule has 0 amide bonds. The Hall–Kier alpha value is -1.94. The number of rotatable bonds is 78. The van der Waals surface area contributed by atoms with E-state index in [0.717, 1.165) is 108 Å². The molecule has 2 unspecified atom stereocenters. The Morgan fingerprint density at radius 2 is 0.465 bits per heavy atom. The zero-order valence-corrected chi connectivity index (χ0v) is 66.8. The van der Waals surface area contributed by atoms with Crippen LogP contribution in [-0.4, -0.2) is 96.7 Å². The highest BCUT2D eigenvalue weighted by molar-refractivity contribution is 7.47. The van der Waals surface area contributed by atoms with Gasteiger partial charge in [-0.3, -0.25) is 37.3 Å². The smallest absolute Gasteiger partial charge is 0.462 e.